The first-order chi connectivity index (χ1) is 13.2. The number of aromatic nitrogens is 2. The highest BCUT2D eigenvalue weighted by Crippen LogP contribution is 2.47. The van der Waals surface area contributed by atoms with Crippen LogP contribution in [0.3, 0.4) is 0 Å². The van der Waals surface area contributed by atoms with Gasteiger partial charge in [-0.3, -0.25) is 4.79 Å². The maximum atomic E-state index is 13.0. The molecule has 5 heterocycles. The van der Waals surface area contributed by atoms with E-state index >= 15 is 0 Å². The molecule has 0 aliphatic carbocycles. The third-order valence-electron chi connectivity index (χ3n) is 6.24. The molecule has 2 saturated heterocycles. The number of hydrogen-bond acceptors (Lipinski definition) is 4. The fraction of sp³-hybridized carbons (Fsp3) is 0.524. The molecule has 142 valence electrons. The first-order valence-electron chi connectivity index (χ1n) is 10.1. The SMILES string of the molecule is CCCN1c2cccnc2-n2cccc2C12CCN(C(=O)[C@H]1CCCO1)C2. The molecule has 5 rings (SSSR count). The summed E-state index contributed by atoms with van der Waals surface area (Å²) in [6.45, 7) is 5.36. The van der Waals surface area contributed by atoms with E-state index < -0.39 is 0 Å². The summed E-state index contributed by atoms with van der Waals surface area (Å²) >= 11 is 0. The predicted octanol–water partition coefficient (Wildman–Crippen LogP) is 2.71. The number of amides is 1. The molecule has 2 fully saturated rings. The summed E-state index contributed by atoms with van der Waals surface area (Å²) < 4.78 is 7.88. The molecule has 2 aromatic heterocycles. The first-order valence-corrected chi connectivity index (χ1v) is 10.1. The molecule has 1 spiro atoms. The zero-order valence-electron chi connectivity index (χ0n) is 15.8. The van der Waals surface area contributed by atoms with Crippen molar-refractivity contribution >= 4 is 11.6 Å². The van der Waals surface area contributed by atoms with Crippen LogP contribution < -0.4 is 4.90 Å². The Kier molecular flexibility index (Phi) is 3.97. The average Bonchev–Trinajstić information content (AvgIpc) is 3.46. The molecule has 0 bridgehead atoms. The van der Waals surface area contributed by atoms with E-state index in [1.54, 1.807) is 0 Å². The van der Waals surface area contributed by atoms with Crippen molar-refractivity contribution in [1.29, 1.82) is 0 Å². The summed E-state index contributed by atoms with van der Waals surface area (Å²) in [7, 11) is 0. The van der Waals surface area contributed by atoms with Crippen molar-refractivity contribution in [2.75, 3.05) is 31.1 Å². The van der Waals surface area contributed by atoms with Gasteiger partial charge in [0.25, 0.3) is 5.91 Å². The van der Waals surface area contributed by atoms with E-state index in [2.05, 4.69) is 45.8 Å². The second kappa shape index (κ2) is 6.37. The quantitative estimate of drug-likeness (QED) is 0.838. The number of carbonyl (C=O) groups is 1. The van der Waals surface area contributed by atoms with E-state index in [1.165, 1.54) is 5.69 Å². The third-order valence-corrected chi connectivity index (χ3v) is 6.24. The number of rotatable bonds is 3. The molecular formula is C21H26N4O2. The topological polar surface area (TPSA) is 50.6 Å². The van der Waals surface area contributed by atoms with E-state index in [-0.39, 0.29) is 17.6 Å². The van der Waals surface area contributed by atoms with Gasteiger partial charge in [-0.15, -0.1) is 0 Å². The van der Waals surface area contributed by atoms with Crippen LogP contribution in [0.4, 0.5) is 5.69 Å². The lowest BCUT2D eigenvalue weighted by Crippen LogP contribution is -2.53. The Hall–Kier alpha value is -2.34. The number of ether oxygens (including phenoxy) is 1. The number of carbonyl (C=O) groups excluding carboxylic acids is 1. The van der Waals surface area contributed by atoms with Crippen LogP contribution >= 0.6 is 0 Å². The maximum absolute atomic E-state index is 13.0. The molecule has 6 heteroatoms. The number of pyridine rings is 1. The molecule has 1 unspecified atom stereocenters. The summed E-state index contributed by atoms with van der Waals surface area (Å²) in [5.41, 5.74) is 2.21. The highest BCUT2D eigenvalue weighted by Gasteiger charge is 2.51. The average molecular weight is 366 g/mol. The maximum Gasteiger partial charge on any atom is 0.251 e. The number of anilines is 1. The van der Waals surface area contributed by atoms with Crippen molar-refractivity contribution in [3.63, 3.8) is 0 Å². The molecule has 0 saturated carbocycles. The highest BCUT2D eigenvalue weighted by molar-refractivity contribution is 5.82. The lowest BCUT2D eigenvalue weighted by molar-refractivity contribution is -0.140. The van der Waals surface area contributed by atoms with Gasteiger partial charge in [0.1, 0.15) is 11.6 Å². The van der Waals surface area contributed by atoms with E-state index in [0.717, 1.165) is 50.3 Å². The van der Waals surface area contributed by atoms with Crippen molar-refractivity contribution < 1.29 is 9.53 Å². The van der Waals surface area contributed by atoms with E-state index in [4.69, 9.17) is 4.74 Å². The highest BCUT2D eigenvalue weighted by atomic mass is 16.5. The summed E-state index contributed by atoms with van der Waals surface area (Å²) in [4.78, 5) is 22.2. The van der Waals surface area contributed by atoms with Gasteiger partial charge in [-0.2, -0.15) is 0 Å². The first kappa shape index (κ1) is 16.8. The molecule has 2 aromatic rings. The Labute approximate surface area is 159 Å². The van der Waals surface area contributed by atoms with Crippen LogP contribution in [0, 0.1) is 0 Å². The second-order valence-corrected chi connectivity index (χ2v) is 7.80. The van der Waals surface area contributed by atoms with Crippen LogP contribution in [0.5, 0.6) is 0 Å². The molecule has 3 aliphatic rings. The molecule has 27 heavy (non-hydrogen) atoms. The fourth-order valence-electron chi connectivity index (χ4n) is 5.04. The Morgan fingerprint density at radius 3 is 3.11 bits per heavy atom. The summed E-state index contributed by atoms with van der Waals surface area (Å²) in [6.07, 6.45) is 7.52. The molecule has 0 radical (unpaired) electrons. The Morgan fingerprint density at radius 1 is 1.37 bits per heavy atom. The number of nitrogens with zero attached hydrogens (tertiary/aromatic N) is 4. The van der Waals surface area contributed by atoms with Crippen LogP contribution in [-0.2, 0) is 15.1 Å². The van der Waals surface area contributed by atoms with Gasteiger partial charge in [0, 0.05) is 38.6 Å². The van der Waals surface area contributed by atoms with Crippen LogP contribution in [0.1, 0.15) is 38.3 Å². The fourth-order valence-corrected chi connectivity index (χ4v) is 5.04. The summed E-state index contributed by atoms with van der Waals surface area (Å²) in [6, 6.07) is 8.46. The Bertz CT molecular complexity index is 857. The lowest BCUT2D eigenvalue weighted by Gasteiger charge is -2.47. The van der Waals surface area contributed by atoms with Crippen LogP contribution in [0.15, 0.2) is 36.7 Å². The van der Waals surface area contributed by atoms with Gasteiger partial charge in [-0.1, -0.05) is 6.92 Å². The van der Waals surface area contributed by atoms with Crippen LogP contribution in [0.25, 0.3) is 5.82 Å². The number of likely N-dealkylation sites (tertiary alicyclic amines) is 1. The summed E-state index contributed by atoms with van der Waals surface area (Å²) in [5.74, 6) is 1.15. The van der Waals surface area contributed by atoms with Gasteiger partial charge >= 0.3 is 0 Å². The van der Waals surface area contributed by atoms with Crippen molar-refractivity contribution in [2.24, 2.45) is 0 Å². The van der Waals surface area contributed by atoms with Crippen molar-refractivity contribution in [2.45, 2.75) is 44.2 Å². The largest absolute Gasteiger partial charge is 0.368 e. The predicted molar refractivity (Wildman–Crippen MR) is 103 cm³/mol. The molecule has 3 aliphatic heterocycles. The minimum Gasteiger partial charge on any atom is -0.368 e. The van der Waals surface area contributed by atoms with E-state index in [9.17, 15) is 4.79 Å². The van der Waals surface area contributed by atoms with Gasteiger partial charge in [-0.25, -0.2) is 4.98 Å². The monoisotopic (exact) mass is 366 g/mol. The molecule has 6 nitrogen and oxygen atoms in total. The van der Waals surface area contributed by atoms with Gasteiger partial charge in [0.15, 0.2) is 5.82 Å². The molecular weight excluding hydrogens is 340 g/mol. The summed E-state index contributed by atoms with van der Waals surface area (Å²) in [5, 5.41) is 0. The normalized spacial score (nSPS) is 26.5. The van der Waals surface area contributed by atoms with Crippen molar-refractivity contribution in [3.05, 3.63) is 42.4 Å². The van der Waals surface area contributed by atoms with Crippen molar-refractivity contribution in [3.8, 4) is 5.82 Å². The molecule has 2 atom stereocenters. The second-order valence-electron chi connectivity index (χ2n) is 7.80. The Morgan fingerprint density at radius 2 is 2.30 bits per heavy atom. The number of hydrogen-bond donors (Lipinski definition) is 0. The minimum atomic E-state index is -0.246. The lowest BCUT2D eigenvalue weighted by atomic mass is 9.88. The zero-order chi connectivity index (χ0) is 18.4. The van der Waals surface area contributed by atoms with Gasteiger partial charge < -0.3 is 19.1 Å². The van der Waals surface area contributed by atoms with E-state index in [1.807, 2.05) is 17.2 Å². The molecule has 1 amide bonds. The van der Waals surface area contributed by atoms with Gasteiger partial charge in [0.05, 0.1) is 11.4 Å². The van der Waals surface area contributed by atoms with Gasteiger partial charge in [-0.05, 0) is 49.9 Å². The van der Waals surface area contributed by atoms with Gasteiger partial charge in [0.2, 0.25) is 0 Å². The van der Waals surface area contributed by atoms with E-state index in [0.29, 0.717) is 13.2 Å². The molecule has 0 aromatic carbocycles. The third kappa shape index (κ3) is 2.42. The Balaban J connectivity index is 1.55. The van der Waals surface area contributed by atoms with Crippen LogP contribution in [0.2, 0.25) is 0 Å². The molecule has 0 N–H and O–H groups in total. The smallest absolute Gasteiger partial charge is 0.251 e. The number of fused-ring (bicyclic) bond motifs is 4. The minimum absolute atomic E-state index is 0.163. The standard InChI is InChI=1S/C21H26N4O2/c1-2-11-25-16-6-3-10-22-19(16)24-12-4-8-18(24)21(25)9-13-23(15-21)20(26)17-7-5-14-27-17/h3-4,6,8,10,12,17H,2,5,7,9,11,13-15H2,1H3/t17-,21?/m1/s1. The zero-order valence-corrected chi connectivity index (χ0v) is 15.8. The van der Waals surface area contributed by atoms with Crippen molar-refractivity contribution in [1.82, 2.24) is 14.5 Å². The van der Waals surface area contributed by atoms with Crippen LogP contribution in [-0.4, -0.2) is 52.7 Å².